The Kier molecular flexibility index (Phi) is 7.71. The third-order valence-corrected chi connectivity index (χ3v) is 2.06. The molecule has 0 bridgehead atoms. The van der Waals surface area contributed by atoms with Crippen LogP contribution in [0.3, 0.4) is 0 Å². The largest absolute Gasteiger partial charge is 0.461 e. The van der Waals surface area contributed by atoms with Crippen molar-refractivity contribution in [2.45, 2.75) is 18.6 Å². The van der Waals surface area contributed by atoms with Crippen molar-refractivity contribution in [2.75, 3.05) is 6.61 Å². The van der Waals surface area contributed by atoms with E-state index < -0.39 is 11.2 Å². The van der Waals surface area contributed by atoms with Crippen LogP contribution in [-0.4, -0.2) is 23.1 Å². The highest BCUT2D eigenvalue weighted by Crippen LogP contribution is 2.17. The van der Waals surface area contributed by atoms with E-state index in [9.17, 15) is 4.79 Å². The van der Waals surface area contributed by atoms with Crippen molar-refractivity contribution in [3.63, 3.8) is 0 Å². The van der Waals surface area contributed by atoms with Gasteiger partial charge in [0.25, 0.3) is 0 Å². The third kappa shape index (κ3) is 5.64. The molecule has 0 aliphatic heterocycles. The Morgan fingerprint density at radius 3 is 2.92 bits per heavy atom. The van der Waals surface area contributed by atoms with Crippen molar-refractivity contribution >= 4 is 18.0 Å². The molecule has 0 fully saturated rings. The summed E-state index contributed by atoms with van der Waals surface area (Å²) in [5, 5.41) is 10.7. The zero-order valence-corrected chi connectivity index (χ0v) is 8.08. The first-order valence-electron chi connectivity index (χ1n) is 3.67. The number of carbonyl (C=O) groups is 1. The van der Waals surface area contributed by atoms with Crippen LogP contribution in [0, 0.1) is 0 Å². The second-order valence-electron chi connectivity index (χ2n) is 2.05. The number of ether oxygens (including phenoxy) is 1. The topological polar surface area (TPSA) is 65.0 Å². The highest BCUT2D eigenvalue weighted by atomic mass is 32.2. The van der Waals surface area contributed by atoms with Gasteiger partial charge < -0.3 is 4.74 Å². The molecule has 0 saturated heterocycles. The minimum Gasteiger partial charge on any atom is -0.461 e. The lowest BCUT2D eigenvalue weighted by Crippen LogP contribution is -2.19. The van der Waals surface area contributed by atoms with Crippen LogP contribution >= 0.6 is 12.0 Å². The molecule has 0 saturated carbocycles. The predicted molar refractivity (Wildman–Crippen MR) is 47.6 cm³/mol. The number of esters is 1. The number of hydrogen-bond donors (Lipinski definition) is 1. The summed E-state index contributed by atoms with van der Waals surface area (Å²) in [6, 6.07) is 0. The van der Waals surface area contributed by atoms with Crippen LogP contribution < -0.4 is 0 Å². The van der Waals surface area contributed by atoms with Gasteiger partial charge in [-0.25, -0.2) is 5.26 Å². The molecule has 1 N–H and O–H groups in total. The number of carbonyl (C=O) groups excluding carboxylic acids is 1. The Balaban J connectivity index is 3.77. The summed E-state index contributed by atoms with van der Waals surface area (Å²) in [6.07, 6.45) is 1.99. The fourth-order valence-corrected chi connectivity index (χ4v) is 0.986. The molecule has 0 amide bonds. The van der Waals surface area contributed by atoms with E-state index in [1.54, 1.807) is 6.92 Å². The van der Waals surface area contributed by atoms with Crippen molar-refractivity contribution in [2.24, 2.45) is 0 Å². The van der Waals surface area contributed by atoms with E-state index in [1.807, 2.05) is 0 Å². The molecule has 0 rings (SSSR count). The Morgan fingerprint density at radius 2 is 2.46 bits per heavy atom. The zero-order valence-electron chi connectivity index (χ0n) is 7.26. The second-order valence-corrected chi connectivity index (χ2v) is 2.95. The smallest absolute Gasteiger partial charge is 0.321 e. The summed E-state index contributed by atoms with van der Waals surface area (Å²) in [5.74, 6) is -0.426. The molecule has 0 radical (unpaired) electrons. The van der Waals surface area contributed by atoms with Gasteiger partial charge in [-0.05, 0) is 6.42 Å². The van der Waals surface area contributed by atoms with Crippen LogP contribution in [0.2, 0.25) is 0 Å². The molecule has 6 heteroatoms. The molecule has 1 unspecified atom stereocenters. The first kappa shape index (κ1) is 12.4. The van der Waals surface area contributed by atoms with Gasteiger partial charge in [-0.1, -0.05) is 24.6 Å². The zero-order chi connectivity index (χ0) is 10.1. The van der Waals surface area contributed by atoms with Crippen LogP contribution in [0.4, 0.5) is 0 Å². The van der Waals surface area contributed by atoms with E-state index in [2.05, 4.69) is 16.0 Å². The number of rotatable bonds is 7. The lowest BCUT2D eigenvalue weighted by Gasteiger charge is -2.09. The van der Waals surface area contributed by atoms with Crippen molar-refractivity contribution in [1.29, 1.82) is 0 Å². The highest BCUT2D eigenvalue weighted by Gasteiger charge is 2.19. The average molecular weight is 208 g/mol. The van der Waals surface area contributed by atoms with Gasteiger partial charge in [-0.2, -0.15) is 0 Å². The fourth-order valence-electron chi connectivity index (χ4n) is 0.573. The van der Waals surface area contributed by atoms with E-state index >= 15 is 0 Å². The highest BCUT2D eigenvalue weighted by molar-refractivity contribution is 7.95. The molecular weight excluding hydrogens is 196 g/mol. The van der Waals surface area contributed by atoms with E-state index in [-0.39, 0.29) is 6.61 Å². The summed E-state index contributed by atoms with van der Waals surface area (Å²) >= 11 is 0.699. The summed E-state index contributed by atoms with van der Waals surface area (Å²) in [5.41, 5.74) is 0. The Hall–Kier alpha value is -0.560. The van der Waals surface area contributed by atoms with Crippen LogP contribution in [0.5, 0.6) is 0 Å². The maximum atomic E-state index is 11.1. The Bertz CT molecular complexity index is 161. The Labute approximate surface area is 80.7 Å². The van der Waals surface area contributed by atoms with Crippen LogP contribution in [-0.2, 0) is 18.9 Å². The lowest BCUT2D eigenvalue weighted by atomic mass is 10.3. The van der Waals surface area contributed by atoms with Gasteiger partial charge in [0, 0.05) is 12.0 Å². The third-order valence-electron chi connectivity index (χ3n) is 1.16. The maximum absolute atomic E-state index is 11.1. The first-order valence-corrected chi connectivity index (χ1v) is 4.47. The SMILES string of the molecule is C=CCOC(=O)C(CC)SOOO. The van der Waals surface area contributed by atoms with E-state index in [0.717, 1.165) is 0 Å². The van der Waals surface area contributed by atoms with Crippen molar-refractivity contribution in [3.05, 3.63) is 12.7 Å². The molecular formula is C7H12O5S. The molecule has 0 aromatic heterocycles. The van der Waals surface area contributed by atoms with Gasteiger partial charge in [0.05, 0.1) is 0 Å². The van der Waals surface area contributed by atoms with E-state index in [0.29, 0.717) is 18.5 Å². The van der Waals surface area contributed by atoms with Gasteiger partial charge in [0.2, 0.25) is 0 Å². The maximum Gasteiger partial charge on any atom is 0.321 e. The van der Waals surface area contributed by atoms with Crippen molar-refractivity contribution in [3.8, 4) is 0 Å². The molecule has 0 heterocycles. The lowest BCUT2D eigenvalue weighted by molar-refractivity contribution is -0.432. The molecule has 13 heavy (non-hydrogen) atoms. The molecule has 0 aliphatic carbocycles. The summed E-state index contributed by atoms with van der Waals surface area (Å²) in [7, 11) is 0. The quantitative estimate of drug-likeness (QED) is 0.225. The minimum absolute atomic E-state index is 0.163. The van der Waals surface area contributed by atoms with Crippen LogP contribution in [0.1, 0.15) is 13.3 Å². The van der Waals surface area contributed by atoms with Crippen LogP contribution in [0.25, 0.3) is 0 Å². The van der Waals surface area contributed by atoms with Gasteiger partial charge in [-0.15, -0.1) is 4.33 Å². The van der Waals surface area contributed by atoms with Crippen LogP contribution in [0.15, 0.2) is 12.7 Å². The standard InChI is InChI=1S/C7H12O5S/c1-3-5-10-7(8)6(4-2)13-12-11-9/h3,6,9H,1,4-5H2,2H3. The summed E-state index contributed by atoms with van der Waals surface area (Å²) in [4.78, 5) is 11.1. The first-order chi connectivity index (χ1) is 6.26. The number of hydrogen-bond acceptors (Lipinski definition) is 6. The van der Waals surface area contributed by atoms with E-state index in [1.165, 1.54) is 6.08 Å². The summed E-state index contributed by atoms with van der Waals surface area (Å²) < 4.78 is 8.88. The minimum atomic E-state index is -0.507. The second kappa shape index (κ2) is 8.06. The molecule has 76 valence electrons. The fraction of sp³-hybridized carbons (Fsp3) is 0.571. The van der Waals surface area contributed by atoms with Gasteiger partial charge in [0.15, 0.2) is 0 Å². The van der Waals surface area contributed by atoms with Crippen molar-refractivity contribution in [1.82, 2.24) is 0 Å². The van der Waals surface area contributed by atoms with Gasteiger partial charge in [0.1, 0.15) is 11.9 Å². The predicted octanol–water partition coefficient (Wildman–Crippen LogP) is 1.56. The molecule has 0 aromatic rings. The molecule has 0 aromatic carbocycles. The van der Waals surface area contributed by atoms with E-state index in [4.69, 9.17) is 9.99 Å². The summed E-state index contributed by atoms with van der Waals surface area (Å²) in [6.45, 7) is 5.35. The molecule has 1 atom stereocenters. The average Bonchev–Trinajstić information content (AvgIpc) is 2.16. The monoisotopic (exact) mass is 208 g/mol. The van der Waals surface area contributed by atoms with Crippen molar-refractivity contribution < 1.29 is 24.2 Å². The normalized spacial score (nSPS) is 12.2. The Morgan fingerprint density at radius 1 is 1.77 bits per heavy atom. The molecule has 5 nitrogen and oxygen atoms in total. The van der Waals surface area contributed by atoms with Gasteiger partial charge >= 0.3 is 5.97 Å². The molecule has 0 aliphatic rings. The van der Waals surface area contributed by atoms with Gasteiger partial charge in [-0.3, -0.25) is 4.79 Å². The molecule has 0 spiro atoms.